The zero-order valence-electron chi connectivity index (χ0n) is 78.5. The molecule has 138 heavy (non-hydrogen) atoms. The van der Waals surface area contributed by atoms with Crippen molar-refractivity contribution in [3.8, 4) is 46.0 Å². The summed E-state index contributed by atoms with van der Waals surface area (Å²) in [5.74, 6) is 2.33. The number of para-hydroxylation sites is 4. The van der Waals surface area contributed by atoms with Crippen molar-refractivity contribution in [1.29, 1.82) is 0 Å². The van der Waals surface area contributed by atoms with Crippen LogP contribution in [-0.2, 0) is 94.9 Å². The van der Waals surface area contributed by atoms with E-state index in [1.807, 2.05) is 194 Å². The van der Waals surface area contributed by atoms with Gasteiger partial charge in [0.25, 0.3) is 23.6 Å². The summed E-state index contributed by atoms with van der Waals surface area (Å²) < 4.78 is 87.4. The van der Waals surface area contributed by atoms with Crippen molar-refractivity contribution in [3.05, 3.63) is 260 Å². The Hall–Kier alpha value is -13.4. The van der Waals surface area contributed by atoms with Gasteiger partial charge in [-0.1, -0.05) is 72.8 Å². The van der Waals surface area contributed by atoms with Gasteiger partial charge in [0, 0.05) is 97.6 Å². The summed E-state index contributed by atoms with van der Waals surface area (Å²) in [5, 5.41) is 8.71. The SMILES string of the molecule is COC(=O)CCOCCOCCOCCOc1cc(COc2cc3c(cc2C)C(=O)N2c4ccccc4C[C@H]2C=N3)cc(COc2cc3c(cc2OC)C(=O)N2c4ccccc4C[C@H]2C=N3)c1.COc1cc2c(cc1OCc1cc(COc3cc4c(cc3C)C(=O)N3c5ccccc5C[C@H]3C=N4)cc(OCCOCCOCCOCCC(=O)O)c1)N=C[C@@H]1Cc3ccccc3N1C2=O.O.[CH3][Sn]([CH3])[CH3]. The minimum atomic E-state index is -0.904. The molecule has 0 bridgehead atoms. The summed E-state index contributed by atoms with van der Waals surface area (Å²) in [6.07, 6.45) is 10.3. The van der Waals surface area contributed by atoms with Gasteiger partial charge in [-0.15, -0.1) is 0 Å². The fraction of sp³-hybridized carbons (Fsp3) is 0.340. The summed E-state index contributed by atoms with van der Waals surface area (Å²) in [4.78, 5) is 111. The van der Waals surface area contributed by atoms with E-state index in [1.54, 1.807) is 48.3 Å². The van der Waals surface area contributed by atoms with Crippen molar-refractivity contribution in [1.82, 2.24) is 0 Å². The molecule has 31 nitrogen and oxygen atoms in total. The molecule has 4 atom stereocenters. The standard InChI is InChI=1S/C52H52N4O11.C51H50N4O11.3CH3.H2O.Sn/c1-33-20-41-43(53-29-38-24-36-8-4-6-10-45(36)55(38)51(41)58)27-47(33)66-31-34-21-35(23-40(22-34)65-19-18-64-17-16-63-15-14-62-13-12-50(57)61-3)32-67-49-28-44-42(26-48(49)60-2)52(59)56-39(30-54-44)25-37-9-5-7-11-46(37)56;1-32-19-40-42(52-28-37-23-35-7-3-5-9-44(35)54(37)50(40)58)26-46(32)65-30-33-20-34(22-39(21-33)64-18-17-63-16-15-62-14-13-61-12-11-49(56)57)31-66-48-27-43-41(25-47(48)60-2)51(59)55-38(29-53-43)24-36-8-4-6-10-45(36)55;;;;;/h4-11,20-23,26-30,38-39H,12-19,24-25,31-32H2,1-3H3;3-10,19-22,25-29,37-38H,11-18,23-24,30-31H2,1-2H3,(H,56,57);3*1H3;1H2;/t38-,39-;37-,38-;;;;;/m00...../s1. The molecular formula is C106H113N8O23Sn. The molecule has 10 aromatic carbocycles. The molecule has 8 aliphatic heterocycles. The van der Waals surface area contributed by atoms with E-state index in [2.05, 4.69) is 31.7 Å². The molecule has 719 valence electrons. The van der Waals surface area contributed by atoms with E-state index in [-0.39, 0.29) is 125 Å². The fourth-order valence-corrected chi connectivity index (χ4v) is 17.3. The van der Waals surface area contributed by atoms with Crippen LogP contribution in [0.4, 0.5) is 45.5 Å². The van der Waals surface area contributed by atoms with Gasteiger partial charge >= 0.3 is 46.5 Å². The summed E-state index contributed by atoms with van der Waals surface area (Å²) in [7, 11) is 4.43. The molecule has 8 aliphatic rings. The number of hydrogen-bond acceptors (Lipinski definition) is 25. The quantitative estimate of drug-likeness (QED) is 0.0212. The third-order valence-corrected chi connectivity index (χ3v) is 23.8. The predicted molar refractivity (Wildman–Crippen MR) is 526 cm³/mol. The molecule has 1 radical (unpaired) electrons. The maximum atomic E-state index is 14.0. The van der Waals surface area contributed by atoms with Crippen molar-refractivity contribution in [2.75, 3.05) is 133 Å². The molecule has 0 fully saturated rings. The second kappa shape index (κ2) is 47.1. The van der Waals surface area contributed by atoms with Gasteiger partial charge in [0.05, 0.1) is 183 Å². The summed E-state index contributed by atoms with van der Waals surface area (Å²) in [5.41, 5.74) is 16.9. The topological polar surface area (TPSA) is 355 Å². The van der Waals surface area contributed by atoms with E-state index in [4.69, 9.17) is 91.4 Å². The number of ether oxygens (including phenoxy) is 15. The van der Waals surface area contributed by atoms with Crippen LogP contribution in [0.2, 0.25) is 14.8 Å². The fourth-order valence-electron chi connectivity index (χ4n) is 17.3. The van der Waals surface area contributed by atoms with Crippen LogP contribution in [0.3, 0.4) is 0 Å². The number of aryl methyl sites for hydroxylation is 2. The number of carboxylic acid groups (broad SMARTS) is 1. The van der Waals surface area contributed by atoms with E-state index in [0.29, 0.717) is 183 Å². The first-order valence-corrected chi connectivity index (χ1v) is 54.4. The number of methoxy groups -OCH3 is 3. The number of fused-ring (bicyclic) bond motifs is 16. The van der Waals surface area contributed by atoms with E-state index < -0.39 is 25.7 Å². The van der Waals surface area contributed by atoms with Gasteiger partial charge in [-0.2, -0.15) is 0 Å². The van der Waals surface area contributed by atoms with Crippen LogP contribution in [0.15, 0.2) is 202 Å². The molecule has 0 aliphatic carbocycles. The van der Waals surface area contributed by atoms with E-state index >= 15 is 0 Å². The third kappa shape index (κ3) is 24.0. The summed E-state index contributed by atoms with van der Waals surface area (Å²) in [6.45, 7) is 8.85. The Morgan fingerprint density at radius 3 is 0.906 bits per heavy atom. The number of aliphatic carboxylic acids is 1. The van der Waals surface area contributed by atoms with Crippen molar-refractivity contribution in [2.24, 2.45) is 20.0 Å². The van der Waals surface area contributed by atoms with Crippen LogP contribution in [0.5, 0.6) is 46.0 Å². The second-order valence-electron chi connectivity index (χ2n) is 34.2. The molecule has 18 rings (SSSR count). The number of amides is 4. The third-order valence-electron chi connectivity index (χ3n) is 23.8. The van der Waals surface area contributed by atoms with Gasteiger partial charge in [-0.3, -0.25) is 68.3 Å². The number of hydrogen-bond donors (Lipinski definition) is 1. The van der Waals surface area contributed by atoms with Gasteiger partial charge in [-0.25, -0.2) is 0 Å². The Balaban J connectivity index is 0.000000200. The zero-order chi connectivity index (χ0) is 95.4. The molecule has 32 heteroatoms. The number of esters is 1. The Morgan fingerprint density at radius 2 is 0.609 bits per heavy atom. The predicted octanol–water partition coefficient (Wildman–Crippen LogP) is 15.9. The monoisotopic (exact) mass is 1990 g/mol. The average molecular weight is 1990 g/mol. The molecule has 0 saturated carbocycles. The minimum absolute atomic E-state index is 0. The molecule has 0 aromatic heterocycles. The van der Waals surface area contributed by atoms with Crippen molar-refractivity contribution < 1.29 is 110 Å². The molecule has 8 heterocycles. The van der Waals surface area contributed by atoms with Crippen LogP contribution in [-0.4, -0.2) is 229 Å². The molecule has 0 unspecified atom stereocenters. The second-order valence-corrected chi connectivity index (χ2v) is 42.8. The van der Waals surface area contributed by atoms with Gasteiger partial charge in [0.1, 0.15) is 62.6 Å². The van der Waals surface area contributed by atoms with Crippen LogP contribution in [0.1, 0.15) is 110 Å². The van der Waals surface area contributed by atoms with Crippen LogP contribution < -0.4 is 57.5 Å². The first-order valence-electron chi connectivity index (χ1n) is 45.8. The van der Waals surface area contributed by atoms with Gasteiger partial charge < -0.3 is 81.6 Å². The summed E-state index contributed by atoms with van der Waals surface area (Å²) in [6, 6.07) is 56.9. The zero-order valence-corrected chi connectivity index (χ0v) is 81.4. The molecule has 0 spiro atoms. The first kappa shape index (κ1) is 99.1. The molecule has 10 aromatic rings. The average Bonchev–Trinajstić information content (AvgIpc) is 1.62. The molecule has 0 saturated heterocycles. The number of rotatable bonds is 40. The number of nitrogens with zero attached hydrogens (tertiary/aromatic N) is 8. The Morgan fingerprint density at radius 1 is 0.341 bits per heavy atom. The molecule has 4 amide bonds. The van der Waals surface area contributed by atoms with Crippen LogP contribution in [0.25, 0.3) is 0 Å². The maximum absolute atomic E-state index is 14.0. The number of carbonyl (C=O) groups is 6. The van der Waals surface area contributed by atoms with Crippen molar-refractivity contribution in [3.63, 3.8) is 0 Å². The number of benzene rings is 10. The number of anilines is 4. The van der Waals surface area contributed by atoms with E-state index in [0.717, 1.165) is 78.4 Å². The van der Waals surface area contributed by atoms with Crippen LogP contribution >= 0.6 is 0 Å². The number of carboxylic acids is 1. The Bertz CT molecular complexity index is 6220. The normalized spacial score (nSPS) is 16.0. The molecule has 3 N–H and O–H groups in total. The Kier molecular flexibility index (Phi) is 33.8. The van der Waals surface area contributed by atoms with Gasteiger partial charge in [0.2, 0.25) is 0 Å². The number of carbonyl (C=O) groups excluding carboxylic acids is 5. The van der Waals surface area contributed by atoms with Crippen molar-refractivity contribution in [2.45, 2.75) is 118 Å². The summed E-state index contributed by atoms with van der Waals surface area (Å²) >= 11 is -0.543. The number of aliphatic imine (C=N–C) groups is 4. The van der Waals surface area contributed by atoms with Gasteiger partial charge in [0.15, 0.2) is 23.0 Å². The van der Waals surface area contributed by atoms with Crippen LogP contribution in [0, 0.1) is 13.8 Å². The van der Waals surface area contributed by atoms with Crippen molar-refractivity contribution >= 4 is 126 Å². The Labute approximate surface area is 808 Å². The molecular weight excluding hydrogens is 1870 g/mol. The van der Waals surface area contributed by atoms with E-state index in [1.165, 1.54) is 7.11 Å². The van der Waals surface area contributed by atoms with Gasteiger partial charge in [-0.05, 0) is 154 Å². The first-order chi connectivity index (χ1) is 66.7. The van der Waals surface area contributed by atoms with E-state index in [9.17, 15) is 28.8 Å².